The van der Waals surface area contributed by atoms with Crippen LogP contribution in [0.25, 0.3) is 0 Å². The molecule has 104 valence electrons. The summed E-state index contributed by atoms with van der Waals surface area (Å²) in [7, 11) is 0. The van der Waals surface area contributed by atoms with Gasteiger partial charge in [-0.3, -0.25) is 0 Å². The monoisotopic (exact) mass is 282 g/mol. The Bertz CT molecular complexity index is 453. The fourth-order valence-corrected chi connectivity index (χ4v) is 3.81. The summed E-state index contributed by atoms with van der Waals surface area (Å²) < 4.78 is 13.7. The van der Waals surface area contributed by atoms with Crippen LogP contribution in [-0.4, -0.2) is 16.3 Å². The first-order chi connectivity index (χ1) is 9.10. The molecule has 0 saturated heterocycles. The van der Waals surface area contributed by atoms with Crippen LogP contribution in [0.15, 0.2) is 23.1 Å². The molecule has 2 rings (SSSR count). The van der Waals surface area contributed by atoms with Crippen LogP contribution in [0.1, 0.15) is 49.4 Å². The van der Waals surface area contributed by atoms with E-state index < -0.39 is 5.97 Å². The van der Waals surface area contributed by atoms with Crippen molar-refractivity contribution in [2.75, 3.05) is 0 Å². The number of carboxylic acids is 1. The van der Waals surface area contributed by atoms with Crippen molar-refractivity contribution in [2.24, 2.45) is 5.92 Å². The van der Waals surface area contributed by atoms with Gasteiger partial charge in [-0.2, -0.15) is 0 Å². The number of hydrogen-bond acceptors (Lipinski definition) is 2. The highest BCUT2D eigenvalue weighted by atomic mass is 32.2. The van der Waals surface area contributed by atoms with Crippen LogP contribution in [0.5, 0.6) is 0 Å². The van der Waals surface area contributed by atoms with Gasteiger partial charge in [0.25, 0.3) is 0 Å². The molecule has 2 nitrogen and oxygen atoms in total. The molecule has 1 fully saturated rings. The Hall–Kier alpha value is -1.03. The van der Waals surface area contributed by atoms with Crippen LogP contribution >= 0.6 is 11.8 Å². The first-order valence-corrected chi connectivity index (χ1v) is 7.67. The van der Waals surface area contributed by atoms with Crippen molar-refractivity contribution >= 4 is 17.7 Å². The Morgan fingerprint density at radius 1 is 1.37 bits per heavy atom. The summed E-state index contributed by atoms with van der Waals surface area (Å²) in [6, 6.07) is 4.02. The molecule has 0 amide bonds. The van der Waals surface area contributed by atoms with E-state index in [0.29, 0.717) is 10.1 Å². The summed E-state index contributed by atoms with van der Waals surface area (Å²) in [4.78, 5) is 11.4. The van der Waals surface area contributed by atoms with E-state index in [-0.39, 0.29) is 11.4 Å². The maximum absolute atomic E-state index is 13.7. The minimum Gasteiger partial charge on any atom is -0.478 e. The van der Waals surface area contributed by atoms with E-state index in [4.69, 9.17) is 5.11 Å². The third-order valence-corrected chi connectivity index (χ3v) is 5.21. The van der Waals surface area contributed by atoms with Crippen molar-refractivity contribution in [3.63, 3.8) is 0 Å². The molecule has 1 saturated carbocycles. The Kier molecular flexibility index (Phi) is 4.86. The largest absolute Gasteiger partial charge is 0.478 e. The average molecular weight is 282 g/mol. The molecule has 1 aromatic carbocycles. The lowest BCUT2D eigenvalue weighted by atomic mass is 9.87. The standard InChI is InChI=1S/C15H19FO2S/c1-2-10-3-6-12(7-4-10)19-14-9-11(15(17)18)5-8-13(14)16/h5,8-10,12H,2-4,6-7H2,1H3,(H,17,18). The van der Waals surface area contributed by atoms with Gasteiger partial charge in [0.15, 0.2) is 0 Å². The summed E-state index contributed by atoms with van der Waals surface area (Å²) in [6.07, 6.45) is 5.82. The normalized spacial score (nSPS) is 23.3. The smallest absolute Gasteiger partial charge is 0.335 e. The van der Waals surface area contributed by atoms with Crippen LogP contribution in [0.4, 0.5) is 4.39 Å². The number of hydrogen-bond donors (Lipinski definition) is 1. The van der Waals surface area contributed by atoms with Gasteiger partial charge in [0.2, 0.25) is 0 Å². The summed E-state index contributed by atoms with van der Waals surface area (Å²) in [6.45, 7) is 2.22. The van der Waals surface area contributed by atoms with Crippen molar-refractivity contribution in [3.05, 3.63) is 29.6 Å². The van der Waals surface area contributed by atoms with E-state index in [2.05, 4.69) is 6.92 Å². The van der Waals surface area contributed by atoms with E-state index in [0.717, 1.165) is 18.8 Å². The summed E-state index contributed by atoms with van der Waals surface area (Å²) in [5.74, 6) is -0.504. The Balaban J connectivity index is 2.03. The van der Waals surface area contributed by atoms with Gasteiger partial charge in [0.1, 0.15) is 5.82 Å². The van der Waals surface area contributed by atoms with Crippen molar-refractivity contribution in [2.45, 2.75) is 49.2 Å². The second-order valence-electron chi connectivity index (χ2n) is 5.12. The first kappa shape index (κ1) is 14.4. The highest BCUT2D eigenvalue weighted by Gasteiger charge is 2.22. The molecule has 0 radical (unpaired) electrons. The Morgan fingerprint density at radius 3 is 2.63 bits per heavy atom. The molecule has 0 aromatic heterocycles. The van der Waals surface area contributed by atoms with Crippen LogP contribution in [0.2, 0.25) is 0 Å². The predicted molar refractivity (Wildman–Crippen MR) is 75.3 cm³/mol. The van der Waals surface area contributed by atoms with E-state index in [1.54, 1.807) is 0 Å². The highest BCUT2D eigenvalue weighted by molar-refractivity contribution is 8.00. The van der Waals surface area contributed by atoms with Crippen molar-refractivity contribution in [3.8, 4) is 0 Å². The van der Waals surface area contributed by atoms with Gasteiger partial charge < -0.3 is 5.11 Å². The summed E-state index contributed by atoms with van der Waals surface area (Å²) in [5.41, 5.74) is 0.158. The van der Waals surface area contributed by atoms with E-state index in [1.807, 2.05) is 0 Å². The zero-order valence-corrected chi connectivity index (χ0v) is 11.9. The van der Waals surface area contributed by atoms with Gasteiger partial charge in [0.05, 0.1) is 5.56 Å². The number of rotatable bonds is 4. The predicted octanol–water partition coefficient (Wildman–Crippen LogP) is 4.58. The van der Waals surface area contributed by atoms with Gasteiger partial charge in [-0.25, -0.2) is 9.18 Å². The molecular formula is C15H19FO2S. The van der Waals surface area contributed by atoms with Crippen LogP contribution < -0.4 is 0 Å². The molecule has 0 aliphatic heterocycles. The fourth-order valence-electron chi connectivity index (χ4n) is 2.56. The van der Waals surface area contributed by atoms with Crippen LogP contribution in [0, 0.1) is 11.7 Å². The third kappa shape index (κ3) is 3.72. The third-order valence-electron chi connectivity index (χ3n) is 3.84. The van der Waals surface area contributed by atoms with Crippen molar-refractivity contribution < 1.29 is 14.3 Å². The Morgan fingerprint density at radius 2 is 2.05 bits per heavy atom. The number of aromatic carboxylic acids is 1. The molecule has 0 bridgehead atoms. The van der Waals surface area contributed by atoms with Gasteiger partial charge in [-0.15, -0.1) is 11.8 Å². The first-order valence-electron chi connectivity index (χ1n) is 6.79. The zero-order chi connectivity index (χ0) is 13.8. The summed E-state index contributed by atoms with van der Waals surface area (Å²) in [5, 5.41) is 9.36. The lowest BCUT2D eigenvalue weighted by Gasteiger charge is -2.27. The number of carbonyl (C=O) groups is 1. The molecule has 1 N–H and O–H groups in total. The average Bonchev–Trinajstić information content (AvgIpc) is 2.42. The molecule has 0 atom stereocenters. The van der Waals surface area contributed by atoms with Crippen LogP contribution in [-0.2, 0) is 0 Å². The van der Waals surface area contributed by atoms with Gasteiger partial charge >= 0.3 is 5.97 Å². The molecule has 4 heteroatoms. The van der Waals surface area contributed by atoms with E-state index in [1.165, 1.54) is 49.2 Å². The van der Waals surface area contributed by atoms with Crippen molar-refractivity contribution in [1.29, 1.82) is 0 Å². The second-order valence-corrected chi connectivity index (χ2v) is 6.46. The topological polar surface area (TPSA) is 37.3 Å². The molecule has 1 aliphatic carbocycles. The molecule has 19 heavy (non-hydrogen) atoms. The van der Waals surface area contributed by atoms with Crippen LogP contribution in [0.3, 0.4) is 0 Å². The molecule has 0 spiro atoms. The minimum atomic E-state index is -1.00. The number of halogens is 1. The maximum Gasteiger partial charge on any atom is 0.335 e. The number of carboxylic acid groups (broad SMARTS) is 1. The fraction of sp³-hybridized carbons (Fsp3) is 0.533. The van der Waals surface area contributed by atoms with Gasteiger partial charge in [-0.1, -0.05) is 13.3 Å². The SMILES string of the molecule is CCC1CCC(Sc2cc(C(=O)O)ccc2F)CC1. The van der Waals surface area contributed by atoms with E-state index >= 15 is 0 Å². The Labute approximate surface area is 117 Å². The van der Waals surface area contributed by atoms with Crippen molar-refractivity contribution in [1.82, 2.24) is 0 Å². The lowest BCUT2D eigenvalue weighted by molar-refractivity contribution is 0.0696. The second kappa shape index (κ2) is 6.42. The van der Waals surface area contributed by atoms with Gasteiger partial charge in [0, 0.05) is 10.1 Å². The number of thioether (sulfide) groups is 1. The molecule has 0 unspecified atom stereocenters. The molecule has 0 heterocycles. The van der Waals surface area contributed by atoms with Gasteiger partial charge in [-0.05, 0) is 49.8 Å². The minimum absolute atomic E-state index is 0.158. The number of benzene rings is 1. The summed E-state index contributed by atoms with van der Waals surface area (Å²) >= 11 is 1.50. The maximum atomic E-state index is 13.7. The zero-order valence-electron chi connectivity index (χ0n) is 11.1. The molecule has 1 aliphatic rings. The molecular weight excluding hydrogens is 263 g/mol. The molecule has 1 aromatic rings. The quantitative estimate of drug-likeness (QED) is 0.878. The lowest BCUT2D eigenvalue weighted by Crippen LogP contribution is -2.15. The van der Waals surface area contributed by atoms with E-state index in [9.17, 15) is 9.18 Å². The highest BCUT2D eigenvalue weighted by Crippen LogP contribution is 2.38.